The summed E-state index contributed by atoms with van der Waals surface area (Å²) in [6.07, 6.45) is -0.866. The lowest BCUT2D eigenvalue weighted by atomic mass is 10.1. The Morgan fingerprint density at radius 2 is 1.89 bits per heavy atom. The zero-order chi connectivity index (χ0) is 14.0. The zero-order valence-corrected chi connectivity index (χ0v) is 11.6. The normalized spacial score (nSPS) is 12.3. The fourth-order valence-electron chi connectivity index (χ4n) is 1.61. The lowest BCUT2D eigenvalue weighted by Gasteiger charge is -2.13. The first-order valence-electron chi connectivity index (χ1n) is 5.58. The van der Waals surface area contributed by atoms with Gasteiger partial charge in [0.2, 0.25) is 0 Å². The first-order valence-corrected chi connectivity index (χ1v) is 6.37. The van der Waals surface area contributed by atoms with E-state index in [1.165, 1.54) is 43.3 Å². The highest BCUT2D eigenvalue weighted by molar-refractivity contribution is 9.10. The molecule has 0 aliphatic rings. The highest BCUT2D eigenvalue weighted by Gasteiger charge is 2.12. The lowest BCUT2D eigenvalue weighted by Crippen LogP contribution is -1.97. The van der Waals surface area contributed by atoms with Crippen LogP contribution in [0.15, 0.2) is 40.9 Å². The predicted octanol–water partition coefficient (Wildman–Crippen LogP) is 4.57. The lowest BCUT2D eigenvalue weighted by molar-refractivity contribution is 0.195. The van der Waals surface area contributed by atoms with Gasteiger partial charge in [-0.05, 0) is 59.3 Å². The maximum absolute atomic E-state index is 13.1. The summed E-state index contributed by atoms with van der Waals surface area (Å²) in [5.74, 6) is -0.137. The van der Waals surface area contributed by atoms with Gasteiger partial charge in [-0.1, -0.05) is 0 Å². The number of aliphatic hydroxyl groups excluding tert-OH is 1. The molecule has 2 aromatic carbocycles. The highest BCUT2D eigenvalue weighted by Crippen LogP contribution is 2.32. The van der Waals surface area contributed by atoms with Crippen molar-refractivity contribution in [2.45, 2.75) is 13.0 Å². The third-order valence-electron chi connectivity index (χ3n) is 2.54. The van der Waals surface area contributed by atoms with Crippen molar-refractivity contribution in [1.29, 1.82) is 0 Å². The van der Waals surface area contributed by atoms with E-state index in [4.69, 9.17) is 4.74 Å². The first kappa shape index (κ1) is 14.0. The van der Waals surface area contributed by atoms with E-state index in [2.05, 4.69) is 15.9 Å². The van der Waals surface area contributed by atoms with Crippen LogP contribution in [0.25, 0.3) is 0 Å². The smallest absolute Gasteiger partial charge is 0.137 e. The Labute approximate surface area is 117 Å². The van der Waals surface area contributed by atoms with Crippen LogP contribution in [0, 0.1) is 11.6 Å². The number of hydrogen-bond donors (Lipinski definition) is 1. The maximum Gasteiger partial charge on any atom is 0.137 e. The van der Waals surface area contributed by atoms with Crippen molar-refractivity contribution in [2.75, 3.05) is 0 Å². The van der Waals surface area contributed by atoms with Crippen molar-refractivity contribution in [2.24, 2.45) is 0 Å². The fraction of sp³-hybridized carbons (Fsp3) is 0.143. The van der Waals surface area contributed by atoms with Crippen molar-refractivity contribution in [1.82, 2.24) is 0 Å². The summed E-state index contributed by atoms with van der Waals surface area (Å²) >= 11 is 3.05. The molecule has 2 rings (SSSR count). The molecule has 1 N–H and O–H groups in total. The SMILES string of the molecule is CC(O)c1cc(F)ccc1Oc1ccc(F)c(Br)c1. The Hall–Kier alpha value is -1.46. The van der Waals surface area contributed by atoms with E-state index in [1.54, 1.807) is 0 Å². The summed E-state index contributed by atoms with van der Waals surface area (Å²) in [5, 5.41) is 9.59. The van der Waals surface area contributed by atoms with Gasteiger partial charge in [0.05, 0.1) is 10.6 Å². The Balaban J connectivity index is 2.35. The molecule has 1 unspecified atom stereocenters. The number of benzene rings is 2. The number of rotatable bonds is 3. The molecule has 0 fully saturated rings. The van der Waals surface area contributed by atoms with Crippen LogP contribution in [0.2, 0.25) is 0 Å². The van der Waals surface area contributed by atoms with Crippen molar-refractivity contribution in [3.63, 3.8) is 0 Å². The second-order valence-electron chi connectivity index (χ2n) is 4.04. The zero-order valence-electron chi connectivity index (χ0n) is 10.0. The average Bonchev–Trinajstić information content (AvgIpc) is 2.36. The van der Waals surface area contributed by atoms with Crippen LogP contribution in [0.5, 0.6) is 11.5 Å². The molecule has 0 radical (unpaired) electrons. The number of hydrogen-bond acceptors (Lipinski definition) is 2. The summed E-state index contributed by atoms with van der Waals surface area (Å²) < 4.78 is 32.1. The van der Waals surface area contributed by atoms with Crippen molar-refractivity contribution in [3.8, 4) is 11.5 Å². The molecule has 0 spiro atoms. The predicted molar refractivity (Wildman–Crippen MR) is 71.2 cm³/mol. The van der Waals surface area contributed by atoms with Crippen molar-refractivity contribution >= 4 is 15.9 Å². The Morgan fingerprint density at radius 1 is 1.16 bits per heavy atom. The first-order chi connectivity index (χ1) is 8.97. The quantitative estimate of drug-likeness (QED) is 0.894. The number of ether oxygens (including phenoxy) is 1. The molecular formula is C14H11BrF2O2. The minimum Gasteiger partial charge on any atom is -0.457 e. The molecule has 5 heteroatoms. The van der Waals surface area contributed by atoms with Gasteiger partial charge in [-0.3, -0.25) is 0 Å². The van der Waals surface area contributed by atoms with Crippen LogP contribution in [0.3, 0.4) is 0 Å². The molecule has 0 saturated carbocycles. The standard InChI is InChI=1S/C14H11BrF2O2/c1-8(18)11-6-9(16)2-5-14(11)19-10-3-4-13(17)12(15)7-10/h2-8,18H,1H3. The third kappa shape index (κ3) is 3.30. The number of halogens is 3. The van der Waals surface area contributed by atoms with Crippen LogP contribution in [0.4, 0.5) is 8.78 Å². The van der Waals surface area contributed by atoms with E-state index >= 15 is 0 Å². The molecule has 2 nitrogen and oxygen atoms in total. The maximum atomic E-state index is 13.1. The van der Waals surface area contributed by atoms with Crippen LogP contribution < -0.4 is 4.74 Å². The highest BCUT2D eigenvalue weighted by atomic mass is 79.9. The fourth-order valence-corrected chi connectivity index (χ4v) is 1.96. The summed E-state index contributed by atoms with van der Waals surface area (Å²) in [7, 11) is 0. The van der Waals surface area contributed by atoms with E-state index in [0.29, 0.717) is 17.1 Å². The molecule has 100 valence electrons. The molecule has 0 bridgehead atoms. The van der Waals surface area contributed by atoms with E-state index in [0.717, 1.165) is 0 Å². The van der Waals surface area contributed by atoms with E-state index in [-0.39, 0.29) is 4.47 Å². The molecule has 0 aliphatic heterocycles. The van der Waals surface area contributed by atoms with Gasteiger partial charge in [0.25, 0.3) is 0 Å². The molecular weight excluding hydrogens is 318 g/mol. The number of aliphatic hydroxyl groups is 1. The molecule has 0 aromatic heterocycles. The van der Waals surface area contributed by atoms with Gasteiger partial charge in [0.15, 0.2) is 0 Å². The van der Waals surface area contributed by atoms with Crippen molar-refractivity contribution < 1.29 is 18.6 Å². The minimum atomic E-state index is -0.866. The molecule has 0 heterocycles. The molecule has 1 atom stereocenters. The summed E-state index contributed by atoms with van der Waals surface area (Å²) in [5.41, 5.74) is 0.334. The Bertz CT molecular complexity index is 600. The third-order valence-corrected chi connectivity index (χ3v) is 3.15. The van der Waals surface area contributed by atoms with Crippen LogP contribution in [-0.4, -0.2) is 5.11 Å². The van der Waals surface area contributed by atoms with Gasteiger partial charge in [-0.25, -0.2) is 8.78 Å². The van der Waals surface area contributed by atoms with Crippen LogP contribution in [0.1, 0.15) is 18.6 Å². The molecule has 19 heavy (non-hydrogen) atoms. The second-order valence-corrected chi connectivity index (χ2v) is 4.89. The monoisotopic (exact) mass is 328 g/mol. The molecule has 0 saturated heterocycles. The van der Waals surface area contributed by atoms with Crippen molar-refractivity contribution in [3.05, 3.63) is 58.1 Å². The minimum absolute atomic E-state index is 0.269. The summed E-state index contributed by atoms with van der Waals surface area (Å²) in [4.78, 5) is 0. The van der Waals surface area contributed by atoms with Gasteiger partial charge >= 0.3 is 0 Å². The van der Waals surface area contributed by atoms with Crippen LogP contribution >= 0.6 is 15.9 Å². The Morgan fingerprint density at radius 3 is 2.53 bits per heavy atom. The van der Waals surface area contributed by atoms with Gasteiger partial charge in [-0.15, -0.1) is 0 Å². The van der Waals surface area contributed by atoms with Crippen LogP contribution in [-0.2, 0) is 0 Å². The average molecular weight is 329 g/mol. The van der Waals surface area contributed by atoms with Gasteiger partial charge in [-0.2, -0.15) is 0 Å². The molecule has 0 amide bonds. The summed E-state index contributed by atoms with van der Waals surface area (Å²) in [6, 6.07) is 8.04. The second kappa shape index (κ2) is 5.67. The van der Waals surface area contributed by atoms with E-state index in [9.17, 15) is 13.9 Å². The van der Waals surface area contributed by atoms with Gasteiger partial charge in [0.1, 0.15) is 23.1 Å². The van der Waals surface area contributed by atoms with E-state index in [1.807, 2.05) is 0 Å². The summed E-state index contributed by atoms with van der Waals surface area (Å²) in [6.45, 7) is 1.52. The molecule has 0 aliphatic carbocycles. The van der Waals surface area contributed by atoms with Gasteiger partial charge in [0, 0.05) is 5.56 Å². The topological polar surface area (TPSA) is 29.5 Å². The largest absolute Gasteiger partial charge is 0.457 e. The van der Waals surface area contributed by atoms with Gasteiger partial charge < -0.3 is 9.84 Å². The Kier molecular flexibility index (Phi) is 4.17. The van der Waals surface area contributed by atoms with E-state index < -0.39 is 17.7 Å². The molecule has 2 aromatic rings.